The van der Waals surface area contributed by atoms with Crippen molar-refractivity contribution in [3.63, 3.8) is 0 Å². The van der Waals surface area contributed by atoms with Crippen LogP contribution in [0.15, 0.2) is 36.4 Å². The molecule has 0 unspecified atom stereocenters. The van der Waals surface area contributed by atoms with Crippen molar-refractivity contribution in [1.82, 2.24) is 0 Å². The van der Waals surface area contributed by atoms with Gasteiger partial charge < -0.3 is 14.8 Å². The number of para-hydroxylation sites is 1. The van der Waals surface area contributed by atoms with Crippen LogP contribution in [0, 0.1) is 6.92 Å². The second-order valence-corrected chi connectivity index (χ2v) is 4.87. The van der Waals surface area contributed by atoms with Crippen LogP contribution in [0.3, 0.4) is 0 Å². The highest BCUT2D eigenvalue weighted by Crippen LogP contribution is 2.28. The Morgan fingerprint density at radius 2 is 1.90 bits per heavy atom. The molecule has 0 saturated carbocycles. The highest BCUT2D eigenvalue weighted by Gasteiger charge is 2.07. The van der Waals surface area contributed by atoms with Crippen LogP contribution in [0.4, 0.5) is 5.69 Å². The van der Waals surface area contributed by atoms with E-state index in [9.17, 15) is 0 Å². The molecule has 2 aromatic rings. The van der Waals surface area contributed by atoms with Crippen molar-refractivity contribution >= 4 is 17.3 Å². The summed E-state index contributed by atoms with van der Waals surface area (Å²) in [7, 11) is 3.31. The first kappa shape index (κ1) is 14.5. The van der Waals surface area contributed by atoms with Gasteiger partial charge in [-0.3, -0.25) is 0 Å². The van der Waals surface area contributed by atoms with Gasteiger partial charge in [-0.15, -0.1) is 0 Å². The van der Waals surface area contributed by atoms with Gasteiger partial charge in [-0.2, -0.15) is 0 Å². The fraction of sp³-hybridized carbons (Fsp3) is 0.250. The lowest BCUT2D eigenvalue weighted by Crippen LogP contribution is -2.04. The normalized spacial score (nSPS) is 10.2. The quantitative estimate of drug-likeness (QED) is 0.892. The molecule has 106 valence electrons. The second kappa shape index (κ2) is 6.53. The Bertz CT molecular complexity index is 579. The van der Waals surface area contributed by atoms with Gasteiger partial charge in [-0.1, -0.05) is 23.7 Å². The van der Waals surface area contributed by atoms with Crippen molar-refractivity contribution in [3.05, 3.63) is 52.5 Å². The standard InChI is InChI=1S/C16H18ClNO2/c1-11-5-4-6-14(17)16(11)18-10-12-9-13(19-2)7-8-15(12)20-3/h4-9,18H,10H2,1-3H3. The van der Waals surface area contributed by atoms with Crippen LogP contribution in [0.2, 0.25) is 5.02 Å². The zero-order valence-electron chi connectivity index (χ0n) is 11.9. The summed E-state index contributed by atoms with van der Waals surface area (Å²) >= 11 is 6.21. The Balaban J connectivity index is 2.22. The maximum Gasteiger partial charge on any atom is 0.124 e. The number of nitrogens with one attached hydrogen (secondary N) is 1. The maximum absolute atomic E-state index is 6.21. The molecule has 0 aliphatic rings. The highest BCUT2D eigenvalue weighted by molar-refractivity contribution is 6.33. The fourth-order valence-electron chi connectivity index (χ4n) is 2.06. The third-order valence-electron chi connectivity index (χ3n) is 3.17. The maximum atomic E-state index is 6.21. The molecule has 4 heteroatoms. The highest BCUT2D eigenvalue weighted by atomic mass is 35.5. The Kier molecular flexibility index (Phi) is 4.74. The molecule has 2 rings (SSSR count). The number of anilines is 1. The molecule has 1 N–H and O–H groups in total. The van der Waals surface area contributed by atoms with E-state index in [1.807, 2.05) is 43.3 Å². The minimum Gasteiger partial charge on any atom is -0.497 e. The van der Waals surface area contributed by atoms with Gasteiger partial charge in [0.2, 0.25) is 0 Å². The Morgan fingerprint density at radius 3 is 2.55 bits per heavy atom. The number of benzene rings is 2. The molecule has 0 heterocycles. The van der Waals surface area contributed by atoms with E-state index in [1.165, 1.54) is 0 Å². The summed E-state index contributed by atoms with van der Waals surface area (Å²) in [4.78, 5) is 0. The lowest BCUT2D eigenvalue weighted by molar-refractivity contribution is 0.399. The van der Waals surface area contributed by atoms with E-state index in [2.05, 4.69) is 5.32 Å². The van der Waals surface area contributed by atoms with Crippen LogP contribution in [0.25, 0.3) is 0 Å². The average molecular weight is 292 g/mol. The number of hydrogen-bond acceptors (Lipinski definition) is 3. The van der Waals surface area contributed by atoms with Gasteiger partial charge in [0, 0.05) is 12.1 Å². The topological polar surface area (TPSA) is 30.5 Å². The summed E-state index contributed by atoms with van der Waals surface area (Å²) in [6, 6.07) is 11.6. The van der Waals surface area contributed by atoms with E-state index in [-0.39, 0.29) is 0 Å². The first-order valence-electron chi connectivity index (χ1n) is 6.35. The SMILES string of the molecule is COc1ccc(OC)c(CNc2c(C)cccc2Cl)c1. The van der Waals surface area contributed by atoms with Crippen LogP contribution in [0.5, 0.6) is 11.5 Å². The van der Waals surface area contributed by atoms with Crippen LogP contribution in [0.1, 0.15) is 11.1 Å². The van der Waals surface area contributed by atoms with Gasteiger partial charge >= 0.3 is 0 Å². The molecule has 0 aromatic heterocycles. The minimum absolute atomic E-state index is 0.616. The third kappa shape index (κ3) is 3.17. The van der Waals surface area contributed by atoms with Crippen LogP contribution in [-0.4, -0.2) is 14.2 Å². The van der Waals surface area contributed by atoms with Gasteiger partial charge in [0.1, 0.15) is 11.5 Å². The molecule has 0 aliphatic carbocycles. The van der Waals surface area contributed by atoms with E-state index in [1.54, 1.807) is 14.2 Å². The number of methoxy groups -OCH3 is 2. The molecule has 0 saturated heterocycles. The summed E-state index contributed by atoms with van der Waals surface area (Å²) in [5.41, 5.74) is 3.07. The molecule has 3 nitrogen and oxygen atoms in total. The number of aryl methyl sites for hydroxylation is 1. The Hall–Kier alpha value is -1.87. The summed E-state index contributed by atoms with van der Waals surface area (Å²) in [5, 5.41) is 4.07. The number of hydrogen-bond donors (Lipinski definition) is 1. The average Bonchev–Trinajstić information content (AvgIpc) is 2.46. The van der Waals surface area contributed by atoms with Crippen molar-refractivity contribution in [2.24, 2.45) is 0 Å². The zero-order chi connectivity index (χ0) is 14.5. The molecule has 2 aromatic carbocycles. The molecular formula is C16H18ClNO2. The Labute approximate surface area is 124 Å². The third-order valence-corrected chi connectivity index (χ3v) is 3.48. The lowest BCUT2D eigenvalue weighted by atomic mass is 10.1. The molecule has 0 aliphatic heterocycles. The van der Waals surface area contributed by atoms with E-state index in [4.69, 9.17) is 21.1 Å². The molecule has 0 atom stereocenters. The Morgan fingerprint density at radius 1 is 1.10 bits per heavy atom. The van der Waals surface area contributed by atoms with Crippen LogP contribution >= 0.6 is 11.6 Å². The van der Waals surface area contributed by atoms with Gasteiger partial charge in [0.25, 0.3) is 0 Å². The van der Waals surface area contributed by atoms with Crippen molar-refractivity contribution in [1.29, 1.82) is 0 Å². The van der Waals surface area contributed by atoms with Crippen molar-refractivity contribution < 1.29 is 9.47 Å². The first-order valence-corrected chi connectivity index (χ1v) is 6.73. The van der Waals surface area contributed by atoms with Gasteiger partial charge in [-0.25, -0.2) is 0 Å². The molecule has 0 fully saturated rings. The molecule has 0 amide bonds. The minimum atomic E-state index is 0.616. The van der Waals surface area contributed by atoms with Crippen LogP contribution in [-0.2, 0) is 6.54 Å². The number of halogens is 1. The summed E-state index contributed by atoms with van der Waals surface area (Å²) in [6.07, 6.45) is 0. The van der Waals surface area contributed by atoms with E-state index >= 15 is 0 Å². The van der Waals surface area contributed by atoms with Gasteiger partial charge in [0.05, 0.1) is 24.9 Å². The summed E-state index contributed by atoms with van der Waals surface area (Å²) < 4.78 is 10.6. The largest absolute Gasteiger partial charge is 0.497 e. The molecule has 20 heavy (non-hydrogen) atoms. The van der Waals surface area contributed by atoms with Crippen LogP contribution < -0.4 is 14.8 Å². The number of rotatable bonds is 5. The summed E-state index contributed by atoms with van der Waals surface area (Å²) in [5.74, 6) is 1.63. The van der Waals surface area contributed by atoms with Gasteiger partial charge in [-0.05, 0) is 36.8 Å². The second-order valence-electron chi connectivity index (χ2n) is 4.46. The predicted molar refractivity (Wildman–Crippen MR) is 83.1 cm³/mol. The van der Waals surface area contributed by atoms with E-state index in [0.717, 1.165) is 28.3 Å². The van der Waals surface area contributed by atoms with Crippen molar-refractivity contribution in [2.45, 2.75) is 13.5 Å². The van der Waals surface area contributed by atoms with E-state index < -0.39 is 0 Å². The van der Waals surface area contributed by atoms with Crippen molar-refractivity contribution in [2.75, 3.05) is 19.5 Å². The lowest BCUT2D eigenvalue weighted by Gasteiger charge is -2.14. The number of ether oxygens (including phenoxy) is 2. The van der Waals surface area contributed by atoms with Gasteiger partial charge in [0.15, 0.2) is 0 Å². The smallest absolute Gasteiger partial charge is 0.124 e. The molecular weight excluding hydrogens is 274 g/mol. The molecule has 0 radical (unpaired) electrons. The zero-order valence-corrected chi connectivity index (χ0v) is 12.6. The first-order chi connectivity index (χ1) is 9.65. The monoisotopic (exact) mass is 291 g/mol. The molecule has 0 spiro atoms. The van der Waals surface area contributed by atoms with E-state index in [0.29, 0.717) is 11.6 Å². The molecule has 0 bridgehead atoms. The summed E-state index contributed by atoms with van der Waals surface area (Å²) in [6.45, 7) is 2.64. The fourth-order valence-corrected chi connectivity index (χ4v) is 2.35. The predicted octanol–water partition coefficient (Wildman–Crippen LogP) is 4.28. The van der Waals surface area contributed by atoms with Crippen molar-refractivity contribution in [3.8, 4) is 11.5 Å².